The van der Waals surface area contributed by atoms with E-state index in [1.807, 2.05) is 0 Å². The van der Waals surface area contributed by atoms with E-state index in [1.54, 1.807) is 4.90 Å². The second-order valence-corrected chi connectivity index (χ2v) is 3.44. The van der Waals surface area contributed by atoms with E-state index in [4.69, 9.17) is 4.74 Å². The summed E-state index contributed by atoms with van der Waals surface area (Å²) in [6.45, 7) is 2.48. The van der Waals surface area contributed by atoms with Crippen LogP contribution in [0.4, 0.5) is 4.79 Å². The number of ether oxygens (including phenoxy) is 1. The maximum absolute atomic E-state index is 11.2. The third kappa shape index (κ3) is 1.62. The molecule has 5 heteroatoms. The van der Waals surface area contributed by atoms with E-state index in [-0.39, 0.29) is 12.1 Å². The van der Waals surface area contributed by atoms with Crippen LogP contribution in [0.25, 0.3) is 0 Å². The number of piperidine rings is 1. The molecule has 2 aliphatic rings. The first-order valence-electron chi connectivity index (χ1n) is 4.61. The minimum Gasteiger partial charge on any atom is -0.448 e. The van der Waals surface area contributed by atoms with Gasteiger partial charge in [0.25, 0.3) is 0 Å². The van der Waals surface area contributed by atoms with E-state index in [2.05, 4.69) is 5.32 Å². The average Bonchev–Trinajstić information content (AvgIpc) is 2.52. The van der Waals surface area contributed by atoms with Gasteiger partial charge in [-0.2, -0.15) is 0 Å². The van der Waals surface area contributed by atoms with Crippen molar-refractivity contribution in [2.75, 3.05) is 26.2 Å². The molecular formula is C8H14N2O3. The Morgan fingerprint density at radius 3 is 3.08 bits per heavy atom. The summed E-state index contributed by atoms with van der Waals surface area (Å²) in [5.41, 5.74) is 0. The van der Waals surface area contributed by atoms with Gasteiger partial charge in [-0.3, -0.25) is 4.90 Å². The number of carbonyl (C=O) groups excluding carboxylic acids is 1. The molecule has 2 N–H and O–H groups in total. The van der Waals surface area contributed by atoms with Gasteiger partial charge in [0.1, 0.15) is 6.61 Å². The van der Waals surface area contributed by atoms with Crippen molar-refractivity contribution in [3.8, 4) is 0 Å². The zero-order chi connectivity index (χ0) is 9.26. The number of aliphatic hydroxyl groups excluding tert-OH is 1. The van der Waals surface area contributed by atoms with Crippen LogP contribution in [0.1, 0.15) is 6.42 Å². The number of aliphatic hydroxyl groups is 1. The fourth-order valence-corrected chi connectivity index (χ4v) is 1.90. The molecule has 2 aliphatic heterocycles. The third-order valence-electron chi connectivity index (χ3n) is 2.61. The van der Waals surface area contributed by atoms with Gasteiger partial charge in [-0.05, 0) is 13.0 Å². The minimum absolute atomic E-state index is 0.0590. The number of carbonyl (C=O) groups is 1. The molecule has 0 unspecified atom stereocenters. The molecule has 0 aromatic carbocycles. The Kier molecular flexibility index (Phi) is 2.37. The summed E-state index contributed by atoms with van der Waals surface area (Å²) in [4.78, 5) is 12.8. The van der Waals surface area contributed by atoms with Crippen LogP contribution in [0.5, 0.6) is 0 Å². The van der Waals surface area contributed by atoms with Gasteiger partial charge in [0.05, 0.1) is 18.7 Å². The molecule has 0 bridgehead atoms. The first kappa shape index (κ1) is 8.77. The molecule has 13 heavy (non-hydrogen) atoms. The van der Waals surface area contributed by atoms with Crippen molar-refractivity contribution in [2.45, 2.75) is 18.6 Å². The van der Waals surface area contributed by atoms with Crippen molar-refractivity contribution in [2.24, 2.45) is 0 Å². The number of nitrogens with zero attached hydrogens (tertiary/aromatic N) is 1. The first-order chi connectivity index (χ1) is 6.29. The van der Waals surface area contributed by atoms with Crippen molar-refractivity contribution in [1.82, 2.24) is 10.2 Å². The molecule has 2 atom stereocenters. The van der Waals surface area contributed by atoms with Crippen molar-refractivity contribution in [3.05, 3.63) is 0 Å². The highest BCUT2D eigenvalue weighted by molar-refractivity contribution is 5.69. The highest BCUT2D eigenvalue weighted by Gasteiger charge is 2.35. The van der Waals surface area contributed by atoms with Crippen molar-refractivity contribution >= 4 is 6.09 Å². The second kappa shape index (κ2) is 3.51. The monoisotopic (exact) mass is 186 g/mol. The SMILES string of the molecule is O=C1OCCN1[C@@H]1CCNC[C@@H]1O. The smallest absolute Gasteiger partial charge is 0.410 e. The zero-order valence-corrected chi connectivity index (χ0v) is 7.40. The number of hydrogen-bond acceptors (Lipinski definition) is 4. The molecule has 0 saturated carbocycles. The predicted octanol–water partition coefficient (Wildman–Crippen LogP) is -0.839. The van der Waals surface area contributed by atoms with Crippen molar-refractivity contribution in [1.29, 1.82) is 0 Å². The van der Waals surface area contributed by atoms with Gasteiger partial charge in [-0.25, -0.2) is 4.79 Å². The molecule has 5 nitrogen and oxygen atoms in total. The Bertz CT molecular complexity index is 210. The van der Waals surface area contributed by atoms with Crippen LogP contribution in [0.2, 0.25) is 0 Å². The summed E-state index contributed by atoms with van der Waals surface area (Å²) in [7, 11) is 0. The largest absolute Gasteiger partial charge is 0.448 e. The van der Waals surface area contributed by atoms with Crippen LogP contribution in [0.3, 0.4) is 0 Å². The van der Waals surface area contributed by atoms with Gasteiger partial charge >= 0.3 is 6.09 Å². The number of nitrogens with one attached hydrogen (secondary N) is 1. The molecule has 2 saturated heterocycles. The Balaban J connectivity index is 2.01. The predicted molar refractivity (Wildman–Crippen MR) is 45.3 cm³/mol. The molecular weight excluding hydrogens is 172 g/mol. The van der Waals surface area contributed by atoms with Crippen LogP contribution < -0.4 is 5.32 Å². The van der Waals surface area contributed by atoms with Gasteiger partial charge < -0.3 is 15.2 Å². The second-order valence-electron chi connectivity index (χ2n) is 3.44. The average molecular weight is 186 g/mol. The molecule has 0 aromatic rings. The highest BCUT2D eigenvalue weighted by Crippen LogP contribution is 2.16. The van der Waals surface area contributed by atoms with E-state index in [1.165, 1.54) is 0 Å². The fraction of sp³-hybridized carbons (Fsp3) is 0.875. The Labute approximate surface area is 76.7 Å². The van der Waals surface area contributed by atoms with Crippen LogP contribution in [0.15, 0.2) is 0 Å². The standard InChI is InChI=1S/C8H14N2O3/c11-7-5-9-2-1-6(7)10-3-4-13-8(10)12/h6-7,9,11H,1-5H2/t6-,7+/m1/s1. The molecule has 0 spiro atoms. The summed E-state index contributed by atoms with van der Waals surface area (Å²) in [5, 5.41) is 12.7. The number of amides is 1. The lowest BCUT2D eigenvalue weighted by atomic mass is 10.0. The van der Waals surface area contributed by atoms with Gasteiger partial charge in [-0.15, -0.1) is 0 Å². The first-order valence-corrected chi connectivity index (χ1v) is 4.61. The number of β-amino-alcohol motifs (C(OH)–C–C–N with tert-alkyl or cyclic N) is 1. The molecule has 1 amide bonds. The topological polar surface area (TPSA) is 61.8 Å². The van der Waals surface area contributed by atoms with Gasteiger partial charge in [0.15, 0.2) is 0 Å². The van der Waals surface area contributed by atoms with E-state index in [0.29, 0.717) is 19.7 Å². The third-order valence-corrected chi connectivity index (χ3v) is 2.61. The van der Waals surface area contributed by atoms with E-state index < -0.39 is 6.10 Å². The minimum atomic E-state index is -0.459. The van der Waals surface area contributed by atoms with Crippen molar-refractivity contribution < 1.29 is 14.6 Å². The van der Waals surface area contributed by atoms with Crippen LogP contribution in [0, 0.1) is 0 Å². The van der Waals surface area contributed by atoms with Crippen LogP contribution in [-0.2, 0) is 4.74 Å². The molecule has 2 fully saturated rings. The summed E-state index contributed by atoms with van der Waals surface area (Å²) in [5.74, 6) is 0. The number of hydrogen-bond donors (Lipinski definition) is 2. The summed E-state index contributed by atoms with van der Waals surface area (Å²) in [6, 6.07) is -0.0590. The van der Waals surface area contributed by atoms with Crippen molar-refractivity contribution in [3.63, 3.8) is 0 Å². The number of cyclic esters (lactones) is 1. The van der Waals surface area contributed by atoms with E-state index in [9.17, 15) is 9.90 Å². The zero-order valence-electron chi connectivity index (χ0n) is 7.40. The fourth-order valence-electron chi connectivity index (χ4n) is 1.90. The molecule has 2 heterocycles. The van der Waals surface area contributed by atoms with E-state index in [0.717, 1.165) is 13.0 Å². The van der Waals surface area contributed by atoms with Gasteiger partial charge in [0.2, 0.25) is 0 Å². The van der Waals surface area contributed by atoms with Crippen LogP contribution in [-0.4, -0.2) is 54.5 Å². The summed E-state index contributed by atoms with van der Waals surface area (Å²) in [6.07, 6.45) is 0.0568. The lowest BCUT2D eigenvalue weighted by molar-refractivity contribution is 0.0499. The van der Waals surface area contributed by atoms with Crippen LogP contribution >= 0.6 is 0 Å². The summed E-state index contributed by atoms with van der Waals surface area (Å²) < 4.78 is 4.82. The normalized spacial score (nSPS) is 34.8. The Morgan fingerprint density at radius 2 is 2.46 bits per heavy atom. The molecule has 0 radical (unpaired) electrons. The van der Waals surface area contributed by atoms with Gasteiger partial charge in [0, 0.05) is 6.54 Å². The highest BCUT2D eigenvalue weighted by atomic mass is 16.6. The summed E-state index contributed by atoms with van der Waals surface area (Å²) >= 11 is 0. The maximum atomic E-state index is 11.2. The molecule has 74 valence electrons. The lowest BCUT2D eigenvalue weighted by Crippen LogP contribution is -2.53. The quantitative estimate of drug-likeness (QED) is 0.560. The molecule has 2 rings (SSSR count). The maximum Gasteiger partial charge on any atom is 0.410 e. The molecule has 0 aliphatic carbocycles. The van der Waals surface area contributed by atoms with E-state index >= 15 is 0 Å². The Hall–Kier alpha value is -0.810. The lowest BCUT2D eigenvalue weighted by Gasteiger charge is -2.33. The Morgan fingerprint density at radius 1 is 1.62 bits per heavy atom. The van der Waals surface area contributed by atoms with Gasteiger partial charge in [-0.1, -0.05) is 0 Å². The number of rotatable bonds is 1. The molecule has 0 aromatic heterocycles.